The highest BCUT2D eigenvalue weighted by molar-refractivity contribution is 7.26. The maximum Gasteiger partial charge on any atom is 0.136 e. The van der Waals surface area contributed by atoms with Gasteiger partial charge in [0.25, 0.3) is 0 Å². The molecule has 2 aromatic heterocycles. The predicted octanol–water partition coefficient (Wildman–Crippen LogP) is 16.7. The van der Waals surface area contributed by atoms with Crippen LogP contribution in [0.1, 0.15) is 0 Å². The summed E-state index contributed by atoms with van der Waals surface area (Å²) in [5, 5.41) is 9.93. The number of fused-ring (bicyclic) bond motifs is 9. The first-order chi connectivity index (χ1) is 29.2. The van der Waals surface area contributed by atoms with E-state index in [1.807, 2.05) is 11.3 Å². The van der Waals surface area contributed by atoms with Gasteiger partial charge in [-0.05, 0) is 116 Å². The molecule has 59 heavy (non-hydrogen) atoms. The predicted molar refractivity (Wildman–Crippen MR) is 253 cm³/mol. The van der Waals surface area contributed by atoms with Crippen LogP contribution in [-0.4, -0.2) is 0 Å². The van der Waals surface area contributed by atoms with Crippen LogP contribution in [0.2, 0.25) is 0 Å². The number of benzene rings is 10. The highest BCUT2D eigenvalue weighted by atomic mass is 32.1. The fourth-order valence-electron chi connectivity index (χ4n) is 9.10. The SMILES string of the molecule is c1ccc2c(-c3ccc(N(c4ccc(-c5cccc6ccccc56)cc4)c4ccc(-c5cccc6oc7ccc8c9ccccc9sc8c7c56)cc4)cc3)cccc2c1. The van der Waals surface area contributed by atoms with Gasteiger partial charge in [0.2, 0.25) is 0 Å². The van der Waals surface area contributed by atoms with E-state index in [-0.39, 0.29) is 0 Å². The summed E-state index contributed by atoms with van der Waals surface area (Å²) in [5.41, 5.74) is 12.3. The number of hydrogen-bond acceptors (Lipinski definition) is 3. The fraction of sp³-hybridized carbons (Fsp3) is 0. The van der Waals surface area contributed by atoms with Gasteiger partial charge in [-0.15, -0.1) is 11.3 Å². The Morgan fingerprint density at radius 1 is 0.322 bits per heavy atom. The molecule has 12 rings (SSSR count). The van der Waals surface area contributed by atoms with Crippen LogP contribution < -0.4 is 4.90 Å². The summed E-state index contributed by atoms with van der Waals surface area (Å²) in [6.07, 6.45) is 0. The van der Waals surface area contributed by atoms with E-state index in [9.17, 15) is 0 Å². The molecule has 2 nitrogen and oxygen atoms in total. The molecule has 10 aromatic carbocycles. The summed E-state index contributed by atoms with van der Waals surface area (Å²) in [5.74, 6) is 0. The molecule has 0 aliphatic carbocycles. The van der Waals surface area contributed by atoms with Crippen molar-refractivity contribution in [2.75, 3.05) is 4.90 Å². The number of nitrogens with zero attached hydrogens (tertiary/aromatic N) is 1. The second-order valence-corrected chi connectivity index (χ2v) is 16.3. The van der Waals surface area contributed by atoms with Crippen LogP contribution >= 0.6 is 11.3 Å². The van der Waals surface area contributed by atoms with E-state index in [1.54, 1.807) is 0 Å². The average molecular weight is 770 g/mol. The van der Waals surface area contributed by atoms with Crippen LogP contribution in [0.5, 0.6) is 0 Å². The lowest BCUT2D eigenvalue weighted by Crippen LogP contribution is -2.09. The van der Waals surface area contributed by atoms with Gasteiger partial charge in [0, 0.05) is 48.0 Å². The molecule has 12 aromatic rings. The molecule has 0 radical (unpaired) electrons. The molecule has 276 valence electrons. The summed E-state index contributed by atoms with van der Waals surface area (Å²) in [6, 6.07) is 76.8. The Labute approximate surface area is 345 Å². The molecule has 0 aliphatic rings. The van der Waals surface area contributed by atoms with Crippen LogP contribution in [-0.2, 0) is 0 Å². The van der Waals surface area contributed by atoms with Crippen molar-refractivity contribution in [1.82, 2.24) is 0 Å². The van der Waals surface area contributed by atoms with E-state index < -0.39 is 0 Å². The maximum atomic E-state index is 6.53. The van der Waals surface area contributed by atoms with Gasteiger partial charge in [0.05, 0.1) is 0 Å². The van der Waals surface area contributed by atoms with Gasteiger partial charge in [-0.25, -0.2) is 0 Å². The van der Waals surface area contributed by atoms with E-state index in [0.717, 1.165) is 39.2 Å². The van der Waals surface area contributed by atoms with E-state index in [0.29, 0.717) is 0 Å². The minimum Gasteiger partial charge on any atom is -0.456 e. The summed E-state index contributed by atoms with van der Waals surface area (Å²) in [4.78, 5) is 2.36. The molecular weight excluding hydrogens is 735 g/mol. The molecule has 0 aliphatic heterocycles. The van der Waals surface area contributed by atoms with Crippen LogP contribution in [0.4, 0.5) is 17.1 Å². The summed E-state index contributed by atoms with van der Waals surface area (Å²) < 4.78 is 9.09. The Morgan fingerprint density at radius 2 is 0.780 bits per heavy atom. The molecule has 0 unspecified atom stereocenters. The molecule has 0 saturated heterocycles. The minimum atomic E-state index is 0.908. The van der Waals surface area contributed by atoms with Gasteiger partial charge >= 0.3 is 0 Å². The third kappa shape index (κ3) is 5.55. The minimum absolute atomic E-state index is 0.908. The topological polar surface area (TPSA) is 16.4 Å². The Balaban J connectivity index is 0.976. The zero-order valence-electron chi connectivity index (χ0n) is 32.0. The van der Waals surface area contributed by atoms with Gasteiger partial charge in [-0.2, -0.15) is 0 Å². The van der Waals surface area contributed by atoms with Gasteiger partial charge in [0.1, 0.15) is 11.2 Å². The number of anilines is 3. The number of hydrogen-bond donors (Lipinski definition) is 0. The second kappa shape index (κ2) is 13.6. The molecule has 0 spiro atoms. The first-order valence-electron chi connectivity index (χ1n) is 20.1. The van der Waals surface area contributed by atoms with Crippen LogP contribution in [0.15, 0.2) is 217 Å². The van der Waals surface area contributed by atoms with Gasteiger partial charge < -0.3 is 9.32 Å². The Kier molecular flexibility index (Phi) is 7.75. The van der Waals surface area contributed by atoms with Crippen molar-refractivity contribution in [3.8, 4) is 33.4 Å². The first kappa shape index (κ1) is 33.7. The standard InChI is InChI=1S/C56H35NOS/c1-3-14-44-36(10-1)12-7-17-46(44)38-22-28-41(29-23-38)57(42-30-24-39(25-31-42)47-18-8-13-37-11-2-4-15-45(37)47)43-32-26-40(27-33-43)48-19-9-20-51-54(48)55-52(58-51)35-34-50-49-16-5-6-21-53(49)59-56(50)55/h1-35H. The molecule has 0 N–H and O–H groups in total. The van der Waals surface area contributed by atoms with Crippen molar-refractivity contribution < 1.29 is 4.42 Å². The van der Waals surface area contributed by atoms with Crippen molar-refractivity contribution in [2.24, 2.45) is 0 Å². The number of furan rings is 1. The third-order valence-corrected chi connectivity index (χ3v) is 13.1. The van der Waals surface area contributed by atoms with Gasteiger partial charge in [0.15, 0.2) is 0 Å². The second-order valence-electron chi connectivity index (χ2n) is 15.2. The first-order valence-corrected chi connectivity index (χ1v) is 20.9. The highest BCUT2D eigenvalue weighted by Crippen LogP contribution is 2.46. The maximum absolute atomic E-state index is 6.53. The zero-order chi connectivity index (χ0) is 38.9. The fourth-order valence-corrected chi connectivity index (χ4v) is 10.3. The monoisotopic (exact) mass is 769 g/mol. The normalized spacial score (nSPS) is 11.7. The van der Waals surface area contributed by atoms with Crippen LogP contribution in [0, 0.1) is 0 Å². The van der Waals surface area contributed by atoms with Crippen molar-refractivity contribution >= 4 is 92.1 Å². The highest BCUT2D eigenvalue weighted by Gasteiger charge is 2.19. The van der Waals surface area contributed by atoms with Gasteiger partial charge in [-0.1, -0.05) is 152 Å². The van der Waals surface area contributed by atoms with Gasteiger partial charge in [-0.3, -0.25) is 0 Å². The zero-order valence-corrected chi connectivity index (χ0v) is 32.8. The van der Waals surface area contributed by atoms with Crippen molar-refractivity contribution in [3.05, 3.63) is 212 Å². The summed E-state index contributed by atoms with van der Waals surface area (Å²) >= 11 is 1.85. The lowest BCUT2D eigenvalue weighted by molar-refractivity contribution is 0.669. The van der Waals surface area contributed by atoms with Crippen LogP contribution in [0.25, 0.3) is 97.0 Å². The quantitative estimate of drug-likeness (QED) is 0.167. The lowest BCUT2D eigenvalue weighted by Gasteiger charge is -2.26. The summed E-state index contributed by atoms with van der Waals surface area (Å²) in [6.45, 7) is 0. The Morgan fingerprint density at radius 3 is 1.37 bits per heavy atom. The lowest BCUT2D eigenvalue weighted by atomic mass is 9.97. The molecule has 0 fully saturated rings. The molecule has 2 heterocycles. The molecule has 0 amide bonds. The third-order valence-electron chi connectivity index (χ3n) is 11.9. The molecular formula is C56H35NOS. The Hall–Kier alpha value is -7.46. The van der Waals surface area contributed by atoms with E-state index in [2.05, 4.69) is 217 Å². The van der Waals surface area contributed by atoms with Crippen molar-refractivity contribution in [1.29, 1.82) is 0 Å². The smallest absolute Gasteiger partial charge is 0.136 e. The van der Waals surface area contributed by atoms with E-state index >= 15 is 0 Å². The van der Waals surface area contributed by atoms with E-state index in [4.69, 9.17) is 4.42 Å². The summed E-state index contributed by atoms with van der Waals surface area (Å²) in [7, 11) is 0. The average Bonchev–Trinajstić information content (AvgIpc) is 3.88. The molecule has 3 heteroatoms. The molecule has 0 bridgehead atoms. The number of rotatable bonds is 6. The molecule has 0 saturated carbocycles. The largest absolute Gasteiger partial charge is 0.456 e. The Bertz CT molecular complexity index is 3410. The molecule has 0 atom stereocenters. The van der Waals surface area contributed by atoms with E-state index in [1.165, 1.54) is 74.9 Å². The number of thiophene rings is 1. The van der Waals surface area contributed by atoms with Crippen LogP contribution in [0.3, 0.4) is 0 Å². The van der Waals surface area contributed by atoms with Crippen molar-refractivity contribution in [2.45, 2.75) is 0 Å². The van der Waals surface area contributed by atoms with Crippen molar-refractivity contribution in [3.63, 3.8) is 0 Å².